The van der Waals surface area contributed by atoms with Crippen molar-refractivity contribution in [3.63, 3.8) is 0 Å². The molecule has 0 saturated carbocycles. The van der Waals surface area contributed by atoms with Gasteiger partial charge in [0.15, 0.2) is 0 Å². The average Bonchev–Trinajstić information content (AvgIpc) is 3.31. The number of fused-ring (bicyclic) bond motifs is 1. The summed E-state index contributed by atoms with van der Waals surface area (Å²) in [5.41, 5.74) is 1.99. The van der Waals surface area contributed by atoms with E-state index in [-0.39, 0.29) is 5.56 Å². The molecule has 0 amide bonds. The van der Waals surface area contributed by atoms with Gasteiger partial charge >= 0.3 is 0 Å². The third-order valence-electron chi connectivity index (χ3n) is 6.64. The van der Waals surface area contributed by atoms with Crippen molar-refractivity contribution in [2.45, 2.75) is 32.7 Å². The van der Waals surface area contributed by atoms with Crippen LogP contribution in [0.15, 0.2) is 59.5 Å². The SMILES string of the molecule is CCCCCn1c(N2CCN(c3cc(F)cc(F)c3)CC2)cc(=O)n2cc(-c3ccc(Cl)cc3)nc12. The number of imidazole rings is 1. The molecule has 1 saturated heterocycles. The Balaban J connectivity index is 1.48. The van der Waals surface area contributed by atoms with Crippen molar-refractivity contribution in [1.29, 1.82) is 0 Å². The van der Waals surface area contributed by atoms with E-state index in [4.69, 9.17) is 16.6 Å². The predicted molar refractivity (Wildman–Crippen MR) is 140 cm³/mol. The molecule has 6 nitrogen and oxygen atoms in total. The summed E-state index contributed by atoms with van der Waals surface area (Å²) in [5.74, 6) is 0.256. The number of anilines is 2. The van der Waals surface area contributed by atoms with Crippen LogP contribution in [0.25, 0.3) is 17.0 Å². The Morgan fingerprint density at radius 3 is 2.25 bits per heavy atom. The second kappa shape index (κ2) is 10.3. The topological polar surface area (TPSA) is 45.8 Å². The van der Waals surface area contributed by atoms with E-state index in [1.807, 2.05) is 29.2 Å². The lowest BCUT2D eigenvalue weighted by atomic mass is 10.2. The summed E-state index contributed by atoms with van der Waals surface area (Å²) in [6.45, 7) is 5.30. The first-order valence-electron chi connectivity index (χ1n) is 12.3. The molecule has 1 fully saturated rings. The molecule has 0 unspecified atom stereocenters. The van der Waals surface area contributed by atoms with E-state index >= 15 is 0 Å². The molecule has 2 aromatic carbocycles. The average molecular weight is 512 g/mol. The van der Waals surface area contributed by atoms with Gasteiger partial charge in [0, 0.05) is 67.3 Å². The molecule has 5 rings (SSSR count). The van der Waals surface area contributed by atoms with Gasteiger partial charge in [-0.2, -0.15) is 0 Å². The highest BCUT2D eigenvalue weighted by atomic mass is 35.5. The van der Waals surface area contributed by atoms with Gasteiger partial charge in [0.25, 0.3) is 5.56 Å². The third-order valence-corrected chi connectivity index (χ3v) is 6.89. The molecule has 0 spiro atoms. The molecule has 36 heavy (non-hydrogen) atoms. The van der Waals surface area contributed by atoms with Gasteiger partial charge in [-0.1, -0.05) is 43.5 Å². The van der Waals surface area contributed by atoms with E-state index in [0.717, 1.165) is 43.3 Å². The summed E-state index contributed by atoms with van der Waals surface area (Å²) in [4.78, 5) is 22.1. The molecule has 2 aromatic heterocycles. The fourth-order valence-electron chi connectivity index (χ4n) is 4.76. The normalized spacial score (nSPS) is 14.1. The summed E-state index contributed by atoms with van der Waals surface area (Å²) in [6.07, 6.45) is 4.89. The highest BCUT2D eigenvalue weighted by Gasteiger charge is 2.23. The van der Waals surface area contributed by atoms with E-state index in [9.17, 15) is 13.6 Å². The fraction of sp³-hybridized carbons (Fsp3) is 0.333. The van der Waals surface area contributed by atoms with Crippen molar-refractivity contribution in [2.75, 3.05) is 36.0 Å². The van der Waals surface area contributed by atoms with Gasteiger partial charge in [0.2, 0.25) is 5.78 Å². The zero-order valence-electron chi connectivity index (χ0n) is 20.1. The van der Waals surface area contributed by atoms with Crippen LogP contribution in [0, 0.1) is 11.6 Å². The number of benzene rings is 2. The predicted octanol–water partition coefficient (Wildman–Crippen LogP) is 5.61. The van der Waals surface area contributed by atoms with Gasteiger partial charge in [0.05, 0.1) is 5.69 Å². The van der Waals surface area contributed by atoms with Gasteiger partial charge in [0.1, 0.15) is 17.5 Å². The van der Waals surface area contributed by atoms with Crippen molar-refractivity contribution in [3.8, 4) is 11.3 Å². The number of aryl methyl sites for hydroxylation is 1. The molecule has 0 aliphatic carbocycles. The summed E-state index contributed by atoms with van der Waals surface area (Å²) in [6, 6.07) is 12.7. The zero-order chi connectivity index (χ0) is 25.2. The van der Waals surface area contributed by atoms with Crippen molar-refractivity contribution >= 4 is 28.9 Å². The van der Waals surface area contributed by atoms with Gasteiger partial charge < -0.3 is 9.80 Å². The first-order chi connectivity index (χ1) is 17.4. The Bertz CT molecular complexity index is 1400. The van der Waals surface area contributed by atoms with Crippen LogP contribution in [0.5, 0.6) is 0 Å². The van der Waals surface area contributed by atoms with Gasteiger partial charge in [-0.3, -0.25) is 13.8 Å². The monoisotopic (exact) mass is 511 g/mol. The number of aromatic nitrogens is 3. The maximum atomic E-state index is 13.7. The van der Waals surface area contributed by atoms with Crippen LogP contribution < -0.4 is 15.4 Å². The van der Waals surface area contributed by atoms with Gasteiger partial charge in [-0.05, 0) is 30.7 Å². The molecule has 0 bridgehead atoms. The number of halogens is 3. The van der Waals surface area contributed by atoms with Gasteiger partial charge in [-0.25, -0.2) is 13.8 Å². The maximum Gasteiger partial charge on any atom is 0.261 e. The lowest BCUT2D eigenvalue weighted by Gasteiger charge is -2.38. The molecule has 1 aliphatic rings. The zero-order valence-corrected chi connectivity index (χ0v) is 20.9. The minimum Gasteiger partial charge on any atom is -0.368 e. The maximum absolute atomic E-state index is 13.7. The van der Waals surface area contributed by atoms with Crippen LogP contribution in [-0.4, -0.2) is 40.1 Å². The van der Waals surface area contributed by atoms with E-state index in [2.05, 4.69) is 16.4 Å². The standard InChI is InChI=1S/C27H28ClF2N5O/c1-2-3-4-9-34-25(33-12-10-32(11-13-33)23-15-21(29)14-22(30)16-23)17-26(36)35-18-24(31-27(34)35)19-5-7-20(28)8-6-19/h5-8,14-18H,2-4,9-13H2,1H3. The Morgan fingerprint density at radius 1 is 0.917 bits per heavy atom. The van der Waals surface area contributed by atoms with Crippen LogP contribution in [0.3, 0.4) is 0 Å². The molecule has 188 valence electrons. The minimum atomic E-state index is -0.585. The lowest BCUT2D eigenvalue weighted by molar-refractivity contribution is 0.568. The summed E-state index contributed by atoms with van der Waals surface area (Å²) in [7, 11) is 0. The highest BCUT2D eigenvalue weighted by molar-refractivity contribution is 6.30. The van der Waals surface area contributed by atoms with Crippen molar-refractivity contribution in [3.05, 3.63) is 81.7 Å². The fourth-order valence-corrected chi connectivity index (χ4v) is 4.88. The van der Waals surface area contributed by atoms with Crippen LogP contribution in [-0.2, 0) is 6.54 Å². The number of rotatable bonds is 7. The Morgan fingerprint density at radius 2 is 1.58 bits per heavy atom. The summed E-state index contributed by atoms with van der Waals surface area (Å²) < 4.78 is 31.2. The van der Waals surface area contributed by atoms with E-state index in [1.54, 1.807) is 16.7 Å². The Labute approximate surface area is 213 Å². The molecular formula is C27H28ClF2N5O. The molecule has 4 aromatic rings. The van der Waals surface area contributed by atoms with Gasteiger partial charge in [-0.15, -0.1) is 0 Å². The summed E-state index contributed by atoms with van der Waals surface area (Å²) in [5, 5.41) is 0.643. The number of hydrogen-bond donors (Lipinski definition) is 0. The number of piperazine rings is 1. The lowest BCUT2D eigenvalue weighted by Crippen LogP contribution is -2.48. The number of nitrogens with zero attached hydrogens (tertiary/aromatic N) is 5. The second-order valence-corrected chi connectivity index (χ2v) is 9.54. The van der Waals surface area contributed by atoms with E-state index in [1.165, 1.54) is 12.1 Å². The van der Waals surface area contributed by atoms with Crippen LogP contribution in [0.4, 0.5) is 20.3 Å². The van der Waals surface area contributed by atoms with Crippen molar-refractivity contribution < 1.29 is 8.78 Å². The third kappa shape index (κ3) is 4.95. The van der Waals surface area contributed by atoms with Crippen LogP contribution in [0.1, 0.15) is 26.2 Å². The largest absolute Gasteiger partial charge is 0.368 e. The molecule has 1 aliphatic heterocycles. The van der Waals surface area contributed by atoms with Crippen molar-refractivity contribution in [1.82, 2.24) is 14.0 Å². The second-order valence-electron chi connectivity index (χ2n) is 9.10. The Hall–Kier alpha value is -3.39. The van der Waals surface area contributed by atoms with Crippen molar-refractivity contribution in [2.24, 2.45) is 0 Å². The first kappa shape index (κ1) is 24.3. The van der Waals surface area contributed by atoms with Crippen LogP contribution in [0.2, 0.25) is 5.02 Å². The van der Waals surface area contributed by atoms with E-state index in [0.29, 0.717) is 48.4 Å². The molecule has 0 radical (unpaired) electrons. The highest BCUT2D eigenvalue weighted by Crippen LogP contribution is 2.26. The number of unbranched alkanes of at least 4 members (excludes halogenated alkanes) is 2. The molecule has 9 heteroatoms. The molecule has 0 N–H and O–H groups in total. The molecule has 3 heterocycles. The molecule has 0 atom stereocenters. The summed E-state index contributed by atoms with van der Waals surface area (Å²) >= 11 is 6.04. The quantitative estimate of drug-likeness (QED) is 0.302. The Kier molecular flexibility index (Phi) is 6.96. The van der Waals surface area contributed by atoms with Crippen LogP contribution >= 0.6 is 11.6 Å². The molecular weight excluding hydrogens is 484 g/mol. The minimum absolute atomic E-state index is 0.144. The first-order valence-corrected chi connectivity index (χ1v) is 12.7. The van der Waals surface area contributed by atoms with E-state index < -0.39 is 11.6 Å². The number of hydrogen-bond acceptors (Lipinski definition) is 4. The smallest absolute Gasteiger partial charge is 0.261 e.